The second-order valence-corrected chi connectivity index (χ2v) is 5.10. The average Bonchev–Trinajstić information content (AvgIpc) is 2.29. The van der Waals surface area contributed by atoms with Crippen LogP contribution in [0.2, 0.25) is 0 Å². The Morgan fingerprint density at radius 1 is 1.47 bits per heavy atom. The Morgan fingerprint density at radius 2 is 2.33 bits per heavy atom. The molecular weight excluding hydrogens is 206 g/mol. The first-order chi connectivity index (χ1) is 7.29. The van der Waals surface area contributed by atoms with Crippen molar-refractivity contribution in [3.63, 3.8) is 0 Å². The standard InChI is InChI=1S/C12H17NOS/c1-9-6-7-15-12(13-9)10-4-3-5-11(8-10)14-2/h3-5,8-9,12-13H,6-7H2,1-2H3. The van der Waals surface area contributed by atoms with Gasteiger partial charge in [0.2, 0.25) is 0 Å². The molecule has 1 fully saturated rings. The molecule has 0 radical (unpaired) electrons. The Morgan fingerprint density at radius 3 is 3.07 bits per heavy atom. The van der Waals surface area contributed by atoms with Crippen LogP contribution in [0.3, 0.4) is 0 Å². The summed E-state index contributed by atoms with van der Waals surface area (Å²) in [7, 11) is 1.71. The van der Waals surface area contributed by atoms with E-state index in [2.05, 4.69) is 30.4 Å². The molecule has 0 bridgehead atoms. The van der Waals surface area contributed by atoms with Gasteiger partial charge < -0.3 is 4.74 Å². The second-order valence-electron chi connectivity index (χ2n) is 3.88. The summed E-state index contributed by atoms with van der Waals surface area (Å²) in [6, 6.07) is 8.92. The molecule has 0 spiro atoms. The Bertz CT molecular complexity index is 329. The summed E-state index contributed by atoms with van der Waals surface area (Å²) in [5, 5.41) is 4.01. The summed E-state index contributed by atoms with van der Waals surface area (Å²) in [6.07, 6.45) is 1.26. The Kier molecular flexibility index (Phi) is 3.54. The van der Waals surface area contributed by atoms with E-state index in [1.807, 2.05) is 17.8 Å². The van der Waals surface area contributed by atoms with Crippen molar-refractivity contribution < 1.29 is 4.74 Å². The Labute approximate surface area is 95.4 Å². The number of thioether (sulfide) groups is 1. The predicted molar refractivity (Wildman–Crippen MR) is 65.4 cm³/mol. The molecule has 2 nitrogen and oxygen atoms in total. The van der Waals surface area contributed by atoms with Gasteiger partial charge in [-0.3, -0.25) is 5.32 Å². The quantitative estimate of drug-likeness (QED) is 0.833. The second kappa shape index (κ2) is 4.90. The molecule has 1 saturated heterocycles. The Hall–Kier alpha value is -0.670. The van der Waals surface area contributed by atoms with Crippen molar-refractivity contribution in [1.82, 2.24) is 5.32 Å². The van der Waals surface area contributed by atoms with Crippen LogP contribution in [0.5, 0.6) is 5.75 Å². The third kappa shape index (κ3) is 2.67. The summed E-state index contributed by atoms with van der Waals surface area (Å²) >= 11 is 1.97. The van der Waals surface area contributed by atoms with Gasteiger partial charge in [-0.15, -0.1) is 11.8 Å². The van der Waals surface area contributed by atoms with E-state index >= 15 is 0 Å². The number of nitrogens with one attached hydrogen (secondary N) is 1. The van der Waals surface area contributed by atoms with Gasteiger partial charge in [0.05, 0.1) is 12.5 Å². The lowest BCUT2D eigenvalue weighted by molar-refractivity contribution is 0.413. The van der Waals surface area contributed by atoms with E-state index in [9.17, 15) is 0 Å². The van der Waals surface area contributed by atoms with E-state index in [1.54, 1.807) is 7.11 Å². The smallest absolute Gasteiger partial charge is 0.119 e. The molecule has 0 amide bonds. The summed E-state index contributed by atoms with van der Waals surface area (Å²) in [4.78, 5) is 0. The maximum atomic E-state index is 5.24. The van der Waals surface area contributed by atoms with Gasteiger partial charge in [-0.1, -0.05) is 12.1 Å². The first-order valence-corrected chi connectivity index (χ1v) is 6.36. The van der Waals surface area contributed by atoms with Crippen LogP contribution >= 0.6 is 11.8 Å². The Balaban J connectivity index is 2.13. The normalized spacial score (nSPS) is 26.3. The molecule has 1 heterocycles. The van der Waals surface area contributed by atoms with Gasteiger partial charge in [0.15, 0.2) is 0 Å². The van der Waals surface area contributed by atoms with Crippen molar-refractivity contribution in [2.75, 3.05) is 12.9 Å². The molecule has 1 N–H and O–H groups in total. The van der Waals surface area contributed by atoms with Crippen LogP contribution in [0.15, 0.2) is 24.3 Å². The van der Waals surface area contributed by atoms with Crippen LogP contribution in [0.4, 0.5) is 0 Å². The highest BCUT2D eigenvalue weighted by molar-refractivity contribution is 7.99. The van der Waals surface area contributed by atoms with Gasteiger partial charge in [-0.2, -0.15) is 0 Å². The number of hydrogen-bond acceptors (Lipinski definition) is 3. The molecule has 2 atom stereocenters. The van der Waals surface area contributed by atoms with Gasteiger partial charge in [-0.05, 0) is 36.8 Å². The predicted octanol–water partition coefficient (Wildman–Crippen LogP) is 2.81. The van der Waals surface area contributed by atoms with E-state index in [0.717, 1.165) is 5.75 Å². The SMILES string of the molecule is COc1cccc(C2NC(C)CCS2)c1. The number of methoxy groups -OCH3 is 1. The summed E-state index contributed by atoms with van der Waals surface area (Å²) in [5.41, 5.74) is 1.31. The molecule has 1 aliphatic rings. The van der Waals surface area contributed by atoms with E-state index < -0.39 is 0 Å². The van der Waals surface area contributed by atoms with E-state index in [1.165, 1.54) is 17.7 Å². The van der Waals surface area contributed by atoms with Crippen molar-refractivity contribution in [2.45, 2.75) is 24.8 Å². The number of rotatable bonds is 2. The fraction of sp³-hybridized carbons (Fsp3) is 0.500. The van der Waals surface area contributed by atoms with Crippen molar-refractivity contribution in [1.29, 1.82) is 0 Å². The molecule has 1 aromatic carbocycles. The summed E-state index contributed by atoms with van der Waals surface area (Å²) in [6.45, 7) is 2.24. The van der Waals surface area contributed by atoms with Crippen molar-refractivity contribution >= 4 is 11.8 Å². The van der Waals surface area contributed by atoms with E-state index in [4.69, 9.17) is 4.74 Å². The highest BCUT2D eigenvalue weighted by atomic mass is 32.2. The molecule has 3 heteroatoms. The summed E-state index contributed by atoms with van der Waals surface area (Å²) in [5.74, 6) is 2.17. The third-order valence-electron chi connectivity index (χ3n) is 2.67. The average molecular weight is 223 g/mol. The molecule has 0 aliphatic carbocycles. The zero-order chi connectivity index (χ0) is 10.7. The zero-order valence-corrected chi connectivity index (χ0v) is 10.0. The van der Waals surface area contributed by atoms with Crippen LogP contribution < -0.4 is 10.1 Å². The molecule has 82 valence electrons. The molecule has 0 aromatic heterocycles. The minimum atomic E-state index is 0.420. The van der Waals surface area contributed by atoms with Crippen molar-refractivity contribution in [2.24, 2.45) is 0 Å². The van der Waals surface area contributed by atoms with Crippen LogP contribution in [0.1, 0.15) is 24.3 Å². The minimum absolute atomic E-state index is 0.420. The van der Waals surface area contributed by atoms with E-state index in [0.29, 0.717) is 11.4 Å². The fourth-order valence-electron chi connectivity index (χ4n) is 1.75. The largest absolute Gasteiger partial charge is 0.497 e. The van der Waals surface area contributed by atoms with Crippen LogP contribution in [0.25, 0.3) is 0 Å². The highest BCUT2D eigenvalue weighted by Crippen LogP contribution is 2.32. The van der Waals surface area contributed by atoms with Gasteiger partial charge in [-0.25, -0.2) is 0 Å². The lowest BCUT2D eigenvalue weighted by Gasteiger charge is -2.28. The van der Waals surface area contributed by atoms with Crippen LogP contribution in [-0.4, -0.2) is 18.9 Å². The molecule has 2 unspecified atom stereocenters. The molecule has 2 rings (SSSR count). The number of hydrogen-bond donors (Lipinski definition) is 1. The van der Waals surface area contributed by atoms with Crippen LogP contribution in [-0.2, 0) is 0 Å². The molecular formula is C12H17NOS. The number of ether oxygens (including phenoxy) is 1. The van der Waals surface area contributed by atoms with Crippen molar-refractivity contribution in [3.05, 3.63) is 29.8 Å². The number of benzene rings is 1. The van der Waals surface area contributed by atoms with Gasteiger partial charge in [0, 0.05) is 6.04 Å². The lowest BCUT2D eigenvalue weighted by atomic mass is 10.2. The summed E-state index contributed by atoms with van der Waals surface area (Å²) < 4.78 is 5.24. The molecule has 0 saturated carbocycles. The lowest BCUT2D eigenvalue weighted by Crippen LogP contribution is -2.33. The molecule has 15 heavy (non-hydrogen) atoms. The fourth-order valence-corrected chi connectivity index (χ4v) is 3.14. The highest BCUT2D eigenvalue weighted by Gasteiger charge is 2.19. The monoisotopic (exact) mass is 223 g/mol. The van der Waals surface area contributed by atoms with Crippen molar-refractivity contribution in [3.8, 4) is 5.75 Å². The van der Waals surface area contributed by atoms with Gasteiger partial charge in [0.25, 0.3) is 0 Å². The topological polar surface area (TPSA) is 21.3 Å². The third-order valence-corrected chi connectivity index (χ3v) is 3.88. The maximum Gasteiger partial charge on any atom is 0.119 e. The van der Waals surface area contributed by atoms with Gasteiger partial charge in [0.1, 0.15) is 5.75 Å². The first-order valence-electron chi connectivity index (χ1n) is 5.31. The van der Waals surface area contributed by atoms with Gasteiger partial charge >= 0.3 is 0 Å². The zero-order valence-electron chi connectivity index (χ0n) is 9.19. The first kappa shape index (κ1) is 10.8. The molecule has 1 aromatic rings. The maximum absolute atomic E-state index is 5.24. The van der Waals surface area contributed by atoms with E-state index in [-0.39, 0.29) is 0 Å². The van der Waals surface area contributed by atoms with Crippen LogP contribution in [0, 0.1) is 0 Å². The minimum Gasteiger partial charge on any atom is -0.497 e. The molecule has 1 aliphatic heterocycles.